The van der Waals surface area contributed by atoms with Crippen molar-refractivity contribution in [3.63, 3.8) is 0 Å². The number of hydrogen-bond acceptors (Lipinski definition) is 2. The number of hydrogen-bond donors (Lipinski definition) is 1. The van der Waals surface area contributed by atoms with Crippen LogP contribution in [0.5, 0.6) is 0 Å². The quantitative estimate of drug-likeness (QED) is 0.871. The van der Waals surface area contributed by atoms with Crippen LogP contribution in [0.3, 0.4) is 0 Å². The zero-order chi connectivity index (χ0) is 13.0. The van der Waals surface area contributed by atoms with Gasteiger partial charge in [0.25, 0.3) is 0 Å². The largest absolute Gasteiger partial charge is 0.311 e. The van der Waals surface area contributed by atoms with Crippen LogP contribution in [0.25, 0.3) is 0 Å². The van der Waals surface area contributed by atoms with E-state index in [4.69, 9.17) is 0 Å². The molecular formula is C14H24BrN3. The van der Waals surface area contributed by atoms with Gasteiger partial charge in [0.2, 0.25) is 0 Å². The summed E-state index contributed by atoms with van der Waals surface area (Å²) in [5.74, 6) is 0.896. The monoisotopic (exact) mass is 313 g/mol. The molecule has 18 heavy (non-hydrogen) atoms. The molecule has 1 aliphatic rings. The molecule has 1 saturated carbocycles. The zero-order valence-corrected chi connectivity index (χ0v) is 13.1. The number of aromatic nitrogens is 2. The van der Waals surface area contributed by atoms with Crippen LogP contribution in [0, 0.1) is 5.92 Å². The minimum atomic E-state index is 0.896. The summed E-state index contributed by atoms with van der Waals surface area (Å²) in [5, 5.41) is 8.23. The molecule has 1 aromatic rings. The lowest BCUT2D eigenvalue weighted by molar-refractivity contribution is 0.477. The lowest BCUT2D eigenvalue weighted by atomic mass is 10.1. The second-order valence-electron chi connectivity index (χ2n) is 5.16. The summed E-state index contributed by atoms with van der Waals surface area (Å²) in [7, 11) is 0. The van der Waals surface area contributed by atoms with Crippen LogP contribution in [0.4, 0.5) is 0 Å². The van der Waals surface area contributed by atoms with Crippen LogP contribution in [0.2, 0.25) is 0 Å². The summed E-state index contributed by atoms with van der Waals surface area (Å²) in [6.45, 7) is 7.34. The van der Waals surface area contributed by atoms with E-state index in [0.717, 1.165) is 32.0 Å². The third kappa shape index (κ3) is 3.15. The molecule has 1 fully saturated rings. The highest BCUT2D eigenvalue weighted by molar-refractivity contribution is 9.10. The zero-order valence-electron chi connectivity index (χ0n) is 11.5. The molecule has 1 aromatic heterocycles. The topological polar surface area (TPSA) is 29.9 Å². The Morgan fingerprint density at radius 2 is 2.06 bits per heavy atom. The van der Waals surface area contributed by atoms with Gasteiger partial charge in [0.05, 0.1) is 15.9 Å². The van der Waals surface area contributed by atoms with Crippen molar-refractivity contribution in [2.24, 2.45) is 5.92 Å². The number of aryl methyl sites for hydroxylation is 2. The Hall–Kier alpha value is -0.350. The summed E-state index contributed by atoms with van der Waals surface area (Å²) in [6.07, 6.45) is 6.64. The van der Waals surface area contributed by atoms with E-state index in [-0.39, 0.29) is 0 Å². The summed E-state index contributed by atoms with van der Waals surface area (Å²) < 4.78 is 3.32. The van der Waals surface area contributed by atoms with E-state index in [1.807, 2.05) is 0 Å². The number of rotatable bonds is 6. The summed E-state index contributed by atoms with van der Waals surface area (Å²) in [5.41, 5.74) is 2.47. The molecule has 0 aromatic carbocycles. The van der Waals surface area contributed by atoms with Gasteiger partial charge in [0.1, 0.15) is 0 Å². The van der Waals surface area contributed by atoms with Crippen molar-refractivity contribution in [3.05, 3.63) is 15.9 Å². The second kappa shape index (κ2) is 6.71. The molecule has 0 radical (unpaired) electrons. The fourth-order valence-electron chi connectivity index (χ4n) is 2.80. The van der Waals surface area contributed by atoms with Crippen LogP contribution in [0.15, 0.2) is 4.47 Å². The predicted molar refractivity (Wildman–Crippen MR) is 78.6 cm³/mol. The average molecular weight is 314 g/mol. The lowest BCUT2D eigenvalue weighted by Crippen LogP contribution is -2.22. The van der Waals surface area contributed by atoms with E-state index in [1.165, 1.54) is 41.5 Å². The Balaban J connectivity index is 1.92. The average Bonchev–Trinajstić information content (AvgIpc) is 2.99. The molecule has 1 heterocycles. The van der Waals surface area contributed by atoms with E-state index in [1.54, 1.807) is 0 Å². The van der Waals surface area contributed by atoms with Gasteiger partial charge in [0.15, 0.2) is 0 Å². The number of nitrogens with zero attached hydrogens (tertiary/aromatic N) is 2. The summed E-state index contributed by atoms with van der Waals surface area (Å²) >= 11 is 3.69. The second-order valence-corrected chi connectivity index (χ2v) is 5.95. The Morgan fingerprint density at radius 1 is 1.33 bits per heavy atom. The van der Waals surface area contributed by atoms with E-state index in [9.17, 15) is 0 Å². The van der Waals surface area contributed by atoms with Gasteiger partial charge < -0.3 is 5.32 Å². The van der Waals surface area contributed by atoms with Crippen molar-refractivity contribution in [1.82, 2.24) is 15.1 Å². The van der Waals surface area contributed by atoms with Gasteiger partial charge >= 0.3 is 0 Å². The van der Waals surface area contributed by atoms with Gasteiger partial charge in [-0.25, -0.2) is 0 Å². The minimum absolute atomic E-state index is 0.896. The van der Waals surface area contributed by atoms with Crippen molar-refractivity contribution >= 4 is 15.9 Å². The summed E-state index contributed by atoms with van der Waals surface area (Å²) in [4.78, 5) is 0. The van der Waals surface area contributed by atoms with Gasteiger partial charge in [-0.15, -0.1) is 0 Å². The van der Waals surface area contributed by atoms with Gasteiger partial charge in [-0.05, 0) is 54.6 Å². The van der Waals surface area contributed by atoms with Crippen molar-refractivity contribution in [2.75, 3.05) is 6.54 Å². The normalized spacial score (nSPS) is 16.6. The molecule has 0 bridgehead atoms. The van der Waals surface area contributed by atoms with Crippen molar-refractivity contribution in [1.29, 1.82) is 0 Å². The maximum absolute atomic E-state index is 4.63. The van der Waals surface area contributed by atoms with E-state index in [0.29, 0.717) is 0 Å². The van der Waals surface area contributed by atoms with E-state index in [2.05, 4.69) is 44.9 Å². The Kier molecular flexibility index (Phi) is 5.25. The molecular weight excluding hydrogens is 290 g/mol. The van der Waals surface area contributed by atoms with Crippen LogP contribution < -0.4 is 5.32 Å². The molecule has 102 valence electrons. The molecule has 1 aliphatic carbocycles. The van der Waals surface area contributed by atoms with Crippen LogP contribution in [-0.4, -0.2) is 16.3 Å². The third-order valence-electron chi connectivity index (χ3n) is 3.89. The summed E-state index contributed by atoms with van der Waals surface area (Å²) in [6, 6.07) is 0. The smallest absolute Gasteiger partial charge is 0.0767 e. The molecule has 0 atom stereocenters. The maximum Gasteiger partial charge on any atom is 0.0767 e. The molecule has 2 rings (SSSR count). The van der Waals surface area contributed by atoms with Gasteiger partial charge in [-0.2, -0.15) is 5.10 Å². The molecule has 0 unspecified atom stereocenters. The van der Waals surface area contributed by atoms with Crippen LogP contribution >= 0.6 is 15.9 Å². The predicted octanol–water partition coefficient (Wildman–Crippen LogP) is 3.51. The first-order chi connectivity index (χ1) is 8.76. The fourth-order valence-corrected chi connectivity index (χ4v) is 3.50. The van der Waals surface area contributed by atoms with Gasteiger partial charge in [0, 0.05) is 13.1 Å². The SMILES string of the molecule is CCc1nn(CC)c(CNCC2CCCC2)c1Br. The lowest BCUT2D eigenvalue weighted by Gasteiger charge is -2.11. The maximum atomic E-state index is 4.63. The highest BCUT2D eigenvalue weighted by atomic mass is 79.9. The third-order valence-corrected chi connectivity index (χ3v) is 4.81. The highest BCUT2D eigenvalue weighted by Gasteiger charge is 2.16. The van der Waals surface area contributed by atoms with Crippen molar-refractivity contribution < 1.29 is 0 Å². The molecule has 0 spiro atoms. The van der Waals surface area contributed by atoms with Gasteiger partial charge in [-0.1, -0.05) is 19.8 Å². The van der Waals surface area contributed by atoms with Crippen molar-refractivity contribution in [3.8, 4) is 0 Å². The molecule has 3 nitrogen and oxygen atoms in total. The van der Waals surface area contributed by atoms with E-state index >= 15 is 0 Å². The van der Waals surface area contributed by atoms with Gasteiger partial charge in [-0.3, -0.25) is 4.68 Å². The first-order valence-electron chi connectivity index (χ1n) is 7.21. The van der Waals surface area contributed by atoms with Crippen LogP contribution in [-0.2, 0) is 19.5 Å². The van der Waals surface area contributed by atoms with E-state index < -0.39 is 0 Å². The number of halogens is 1. The fraction of sp³-hybridized carbons (Fsp3) is 0.786. The molecule has 0 aliphatic heterocycles. The Morgan fingerprint density at radius 3 is 2.67 bits per heavy atom. The molecule has 0 amide bonds. The first-order valence-corrected chi connectivity index (χ1v) is 8.00. The Labute approximate surface area is 118 Å². The molecule has 0 saturated heterocycles. The minimum Gasteiger partial charge on any atom is -0.311 e. The standard InChI is InChI=1S/C14H24BrN3/c1-3-12-14(15)13(18(4-2)17-12)10-16-9-11-7-5-6-8-11/h11,16H,3-10H2,1-2H3. The molecule has 4 heteroatoms. The van der Waals surface area contributed by atoms with Crippen molar-refractivity contribution in [2.45, 2.75) is 59.0 Å². The highest BCUT2D eigenvalue weighted by Crippen LogP contribution is 2.25. The van der Waals surface area contributed by atoms with Crippen LogP contribution in [0.1, 0.15) is 50.9 Å². The molecule has 1 N–H and O–H groups in total. The Bertz CT molecular complexity index is 381. The number of nitrogens with one attached hydrogen (secondary N) is 1. The first kappa shape index (κ1) is 14.1.